The number of hydrogen-bond donors (Lipinski definition) is 0. The molecule has 3 nitrogen and oxygen atoms in total. The van der Waals surface area contributed by atoms with Crippen LogP contribution < -0.4 is 0 Å². The first kappa shape index (κ1) is 9.63. The van der Waals surface area contributed by atoms with Crippen molar-refractivity contribution >= 4 is 37.5 Å². The van der Waals surface area contributed by atoms with Crippen molar-refractivity contribution in [2.75, 3.05) is 0 Å². The van der Waals surface area contributed by atoms with Crippen LogP contribution in [0.1, 0.15) is 5.56 Å². The summed E-state index contributed by atoms with van der Waals surface area (Å²) in [5, 5.41) is 9.00. The molecule has 18 heavy (non-hydrogen) atoms. The second-order valence-corrected chi connectivity index (χ2v) is 5.12. The van der Waals surface area contributed by atoms with Gasteiger partial charge in [-0.25, -0.2) is 4.98 Å². The minimum Gasteiger partial charge on any atom is -0.283 e. The van der Waals surface area contributed by atoms with Gasteiger partial charge in [0.2, 0.25) is 0 Å². The zero-order valence-electron chi connectivity index (χ0n) is 9.29. The summed E-state index contributed by atoms with van der Waals surface area (Å²) in [6.45, 7) is 0. The number of benzene rings is 2. The van der Waals surface area contributed by atoms with E-state index in [4.69, 9.17) is 5.26 Å². The lowest BCUT2D eigenvalue weighted by atomic mass is 10.2. The fourth-order valence-electron chi connectivity index (χ4n) is 2.25. The zero-order valence-corrected chi connectivity index (χ0v) is 10.1. The molecule has 4 aromatic rings. The molecule has 0 unspecified atom stereocenters. The van der Waals surface area contributed by atoms with Gasteiger partial charge in [0.05, 0.1) is 32.9 Å². The van der Waals surface area contributed by atoms with Gasteiger partial charge in [0.25, 0.3) is 0 Å². The Morgan fingerprint density at radius 3 is 2.89 bits per heavy atom. The van der Waals surface area contributed by atoms with Crippen molar-refractivity contribution in [3.63, 3.8) is 0 Å². The number of fused-ring (bicyclic) bond motifs is 5. The van der Waals surface area contributed by atoms with Crippen LogP contribution in [0.2, 0.25) is 0 Å². The molecule has 4 rings (SSSR count). The molecule has 2 heterocycles. The lowest BCUT2D eigenvalue weighted by Crippen LogP contribution is -1.81. The van der Waals surface area contributed by atoms with E-state index in [1.807, 2.05) is 36.4 Å². The molecule has 0 bridgehead atoms. The second kappa shape index (κ2) is 3.31. The van der Waals surface area contributed by atoms with Gasteiger partial charge in [-0.2, -0.15) is 5.26 Å². The van der Waals surface area contributed by atoms with Crippen LogP contribution in [0, 0.1) is 11.3 Å². The monoisotopic (exact) mass is 249 g/mol. The molecule has 0 aliphatic heterocycles. The van der Waals surface area contributed by atoms with Gasteiger partial charge >= 0.3 is 0 Å². The van der Waals surface area contributed by atoms with E-state index in [0.717, 1.165) is 26.2 Å². The molecule has 84 valence electrons. The summed E-state index contributed by atoms with van der Waals surface area (Å²) >= 11 is 1.65. The van der Waals surface area contributed by atoms with Crippen molar-refractivity contribution in [3.8, 4) is 6.07 Å². The summed E-state index contributed by atoms with van der Waals surface area (Å²) in [6, 6.07) is 16.0. The van der Waals surface area contributed by atoms with Gasteiger partial charge in [0.1, 0.15) is 0 Å². The number of nitriles is 1. The Morgan fingerprint density at radius 2 is 2.00 bits per heavy atom. The van der Waals surface area contributed by atoms with E-state index in [2.05, 4.69) is 21.5 Å². The van der Waals surface area contributed by atoms with Gasteiger partial charge in [-0.15, -0.1) is 0 Å². The summed E-state index contributed by atoms with van der Waals surface area (Å²) < 4.78 is 3.28. The summed E-state index contributed by atoms with van der Waals surface area (Å²) in [5.41, 5.74) is 3.82. The summed E-state index contributed by atoms with van der Waals surface area (Å²) in [6.07, 6.45) is 0. The predicted molar refractivity (Wildman–Crippen MR) is 72.8 cm³/mol. The number of rotatable bonds is 0. The van der Waals surface area contributed by atoms with Crippen LogP contribution >= 0.6 is 11.3 Å². The molecule has 0 atom stereocenters. The van der Waals surface area contributed by atoms with Crippen LogP contribution in [0.25, 0.3) is 26.2 Å². The number of thiazole rings is 1. The normalized spacial score (nSPS) is 11.3. The van der Waals surface area contributed by atoms with Crippen LogP contribution in [-0.4, -0.2) is 9.38 Å². The predicted octanol–water partition coefficient (Wildman–Crippen LogP) is 3.57. The number of imidazole rings is 1. The quantitative estimate of drug-likeness (QED) is 0.478. The minimum atomic E-state index is 0.681. The Labute approximate surface area is 107 Å². The third-order valence-corrected chi connectivity index (χ3v) is 4.08. The van der Waals surface area contributed by atoms with Crippen molar-refractivity contribution in [1.82, 2.24) is 9.38 Å². The Morgan fingerprint density at radius 1 is 1.11 bits per heavy atom. The Bertz CT molecular complexity index is 940. The van der Waals surface area contributed by atoms with Crippen molar-refractivity contribution in [3.05, 3.63) is 48.0 Å². The van der Waals surface area contributed by atoms with Gasteiger partial charge < -0.3 is 0 Å². The highest BCUT2D eigenvalue weighted by molar-refractivity contribution is 7.23. The van der Waals surface area contributed by atoms with E-state index < -0.39 is 0 Å². The molecule has 0 aliphatic rings. The van der Waals surface area contributed by atoms with E-state index in [9.17, 15) is 0 Å². The first-order valence-corrected chi connectivity index (χ1v) is 6.38. The van der Waals surface area contributed by atoms with Crippen LogP contribution in [0.15, 0.2) is 42.5 Å². The van der Waals surface area contributed by atoms with E-state index in [1.165, 1.54) is 0 Å². The van der Waals surface area contributed by atoms with Crippen LogP contribution in [-0.2, 0) is 0 Å². The molecule has 2 aromatic carbocycles. The van der Waals surface area contributed by atoms with Crippen molar-refractivity contribution in [1.29, 1.82) is 5.26 Å². The molecule has 0 fully saturated rings. The average Bonchev–Trinajstić information content (AvgIpc) is 2.93. The van der Waals surface area contributed by atoms with Gasteiger partial charge in [-0.1, -0.05) is 23.5 Å². The summed E-state index contributed by atoms with van der Waals surface area (Å²) in [5.74, 6) is 0. The maximum atomic E-state index is 9.00. The third-order valence-electron chi connectivity index (χ3n) is 3.06. The smallest absolute Gasteiger partial charge is 0.195 e. The van der Waals surface area contributed by atoms with Gasteiger partial charge in [-0.05, 0) is 30.3 Å². The number of para-hydroxylation sites is 2. The van der Waals surface area contributed by atoms with Gasteiger partial charge in [0, 0.05) is 0 Å². The summed E-state index contributed by atoms with van der Waals surface area (Å²) in [7, 11) is 0. The van der Waals surface area contributed by atoms with Crippen LogP contribution in [0.4, 0.5) is 0 Å². The molecule has 0 saturated heterocycles. The van der Waals surface area contributed by atoms with Gasteiger partial charge in [0.15, 0.2) is 4.96 Å². The first-order valence-electron chi connectivity index (χ1n) is 5.57. The SMILES string of the molecule is N#Cc1ccc2sc3nc4ccccc4n3c2c1. The topological polar surface area (TPSA) is 41.1 Å². The largest absolute Gasteiger partial charge is 0.283 e. The molecular weight excluding hydrogens is 242 g/mol. The van der Waals surface area contributed by atoms with E-state index in [-0.39, 0.29) is 0 Å². The maximum absolute atomic E-state index is 9.00. The fraction of sp³-hybridized carbons (Fsp3) is 0. The highest BCUT2D eigenvalue weighted by atomic mass is 32.1. The van der Waals surface area contributed by atoms with Crippen molar-refractivity contribution < 1.29 is 0 Å². The average molecular weight is 249 g/mol. The van der Waals surface area contributed by atoms with E-state index in [1.54, 1.807) is 11.3 Å². The molecule has 0 aliphatic carbocycles. The van der Waals surface area contributed by atoms with E-state index in [0.29, 0.717) is 5.56 Å². The van der Waals surface area contributed by atoms with Crippen molar-refractivity contribution in [2.45, 2.75) is 0 Å². The van der Waals surface area contributed by atoms with Gasteiger partial charge in [-0.3, -0.25) is 4.40 Å². The van der Waals surface area contributed by atoms with Crippen LogP contribution in [0.3, 0.4) is 0 Å². The Kier molecular flexibility index (Phi) is 1.77. The lowest BCUT2D eigenvalue weighted by molar-refractivity contribution is 1.34. The molecule has 0 saturated carbocycles. The first-order chi connectivity index (χ1) is 8.86. The second-order valence-electron chi connectivity index (χ2n) is 4.11. The molecule has 2 aromatic heterocycles. The third kappa shape index (κ3) is 1.14. The number of aromatic nitrogens is 2. The molecule has 0 amide bonds. The standard InChI is InChI=1S/C14H7N3S/c15-8-9-5-6-13-12(7-9)17-11-4-2-1-3-10(11)16-14(17)18-13/h1-7H. The molecular formula is C14H7N3S. The highest BCUT2D eigenvalue weighted by Crippen LogP contribution is 2.30. The molecule has 4 heteroatoms. The molecule has 0 N–H and O–H groups in total. The fourth-order valence-corrected chi connectivity index (χ4v) is 3.27. The lowest BCUT2D eigenvalue weighted by Gasteiger charge is -1.94. The number of hydrogen-bond acceptors (Lipinski definition) is 3. The summed E-state index contributed by atoms with van der Waals surface area (Å²) in [4.78, 5) is 5.58. The highest BCUT2D eigenvalue weighted by Gasteiger charge is 2.10. The molecule has 0 radical (unpaired) electrons. The van der Waals surface area contributed by atoms with Crippen LogP contribution in [0.5, 0.6) is 0 Å². The van der Waals surface area contributed by atoms with E-state index >= 15 is 0 Å². The molecule has 0 spiro atoms. The Balaban J connectivity index is 2.29. The number of nitrogens with zero attached hydrogens (tertiary/aromatic N) is 3. The zero-order chi connectivity index (χ0) is 12.1. The Hall–Kier alpha value is -2.38. The maximum Gasteiger partial charge on any atom is 0.195 e. The van der Waals surface area contributed by atoms with Crippen molar-refractivity contribution in [2.24, 2.45) is 0 Å². The minimum absolute atomic E-state index is 0.681.